The fourth-order valence-electron chi connectivity index (χ4n) is 5.79. The number of nitrogens with zero attached hydrogens (tertiary/aromatic N) is 2. The van der Waals surface area contributed by atoms with E-state index in [1.165, 1.54) is 4.90 Å². The first-order chi connectivity index (χ1) is 23.0. The van der Waals surface area contributed by atoms with Crippen molar-refractivity contribution in [2.75, 3.05) is 13.7 Å². The van der Waals surface area contributed by atoms with Crippen molar-refractivity contribution < 1.29 is 33.4 Å². The van der Waals surface area contributed by atoms with Crippen molar-refractivity contribution >= 4 is 40.3 Å². The molecule has 1 aromatic heterocycles. The number of hydrogen-bond donors (Lipinski definition) is 4. The van der Waals surface area contributed by atoms with Gasteiger partial charge >= 0.3 is 6.03 Å². The minimum atomic E-state index is -1.05. The zero-order valence-electron chi connectivity index (χ0n) is 30.0. The molecule has 1 aliphatic heterocycles. The topological polar surface area (TPSA) is 168 Å². The molecule has 0 radical (unpaired) electrons. The van der Waals surface area contributed by atoms with Crippen molar-refractivity contribution in [2.45, 2.75) is 123 Å². The number of urea groups is 1. The average molecular weight is 681 g/mol. The van der Waals surface area contributed by atoms with Crippen molar-refractivity contribution in [3.63, 3.8) is 0 Å². The molecule has 1 aromatic carbocycles. The maximum absolute atomic E-state index is 14.4. The third-order valence-corrected chi connectivity index (χ3v) is 8.55. The van der Waals surface area contributed by atoms with Crippen LogP contribution >= 0.6 is 0 Å². The molecule has 49 heavy (non-hydrogen) atoms. The van der Waals surface area contributed by atoms with Gasteiger partial charge in [-0.05, 0) is 75.1 Å². The van der Waals surface area contributed by atoms with Crippen molar-refractivity contribution in [3.8, 4) is 11.6 Å². The smallest absolute Gasteiger partial charge is 0.315 e. The molecule has 13 heteroatoms. The van der Waals surface area contributed by atoms with Gasteiger partial charge in [0.25, 0.3) is 5.91 Å². The van der Waals surface area contributed by atoms with Crippen LogP contribution in [0.15, 0.2) is 30.5 Å². The Hall–Kier alpha value is -4.42. The number of amides is 5. The molecule has 0 bridgehead atoms. The summed E-state index contributed by atoms with van der Waals surface area (Å²) in [5.41, 5.74) is -1.28. The summed E-state index contributed by atoms with van der Waals surface area (Å²) in [7, 11) is 1.58. The Morgan fingerprint density at radius 2 is 1.73 bits per heavy atom. The predicted molar refractivity (Wildman–Crippen MR) is 185 cm³/mol. The van der Waals surface area contributed by atoms with E-state index in [1.807, 2.05) is 66.7 Å². The SMILES string of the molecule is CCCC[C@H](NC(=O)[C@@H]1CC(Oc2nccc3cc(OC)ccc23)CN1C(=O)[C@@H](NC(=O)NC(C)(C)C)C(C)(C)C)C(=O)C(=O)NC1CC1. The van der Waals surface area contributed by atoms with Crippen molar-refractivity contribution in [1.29, 1.82) is 0 Å². The van der Waals surface area contributed by atoms with Crippen LogP contribution in [0.25, 0.3) is 10.8 Å². The molecule has 13 nitrogen and oxygen atoms in total. The number of Topliss-reactive ketones (excluding diaryl/α,β-unsaturated/α-hetero) is 1. The number of unbranched alkanes of at least 4 members (excludes halogenated alkanes) is 1. The van der Waals surface area contributed by atoms with Crippen LogP contribution in [0.5, 0.6) is 11.6 Å². The number of carbonyl (C=O) groups is 5. The first-order valence-corrected chi connectivity index (χ1v) is 17.1. The molecule has 5 amide bonds. The summed E-state index contributed by atoms with van der Waals surface area (Å²) in [6.45, 7) is 13.0. The minimum absolute atomic E-state index is 0.0130. The summed E-state index contributed by atoms with van der Waals surface area (Å²) in [5, 5.41) is 12.8. The van der Waals surface area contributed by atoms with Gasteiger partial charge in [-0.1, -0.05) is 40.5 Å². The Morgan fingerprint density at radius 3 is 2.35 bits per heavy atom. The normalized spacial score (nSPS) is 19.1. The highest BCUT2D eigenvalue weighted by Crippen LogP contribution is 2.32. The van der Waals surface area contributed by atoms with Crippen LogP contribution in [-0.4, -0.2) is 88.9 Å². The quantitative estimate of drug-likeness (QED) is 0.233. The number of carbonyl (C=O) groups excluding carboxylic acids is 5. The maximum Gasteiger partial charge on any atom is 0.315 e. The van der Waals surface area contributed by atoms with Gasteiger partial charge in [-0.3, -0.25) is 19.2 Å². The van der Waals surface area contributed by atoms with Gasteiger partial charge in [-0.2, -0.15) is 0 Å². The van der Waals surface area contributed by atoms with E-state index in [-0.39, 0.29) is 25.4 Å². The minimum Gasteiger partial charge on any atom is -0.497 e. The van der Waals surface area contributed by atoms with Crippen molar-refractivity contribution in [3.05, 3.63) is 30.5 Å². The lowest BCUT2D eigenvalue weighted by Crippen LogP contribution is -2.61. The highest BCUT2D eigenvalue weighted by Gasteiger charge is 2.47. The zero-order valence-corrected chi connectivity index (χ0v) is 30.0. The number of aromatic nitrogens is 1. The number of ether oxygens (including phenoxy) is 2. The number of rotatable bonds is 13. The molecule has 0 spiro atoms. The number of nitrogens with one attached hydrogen (secondary N) is 4. The van der Waals surface area contributed by atoms with E-state index in [4.69, 9.17) is 9.47 Å². The van der Waals surface area contributed by atoms with Crippen LogP contribution in [0.4, 0.5) is 4.79 Å². The van der Waals surface area contributed by atoms with Gasteiger partial charge < -0.3 is 35.6 Å². The van der Waals surface area contributed by atoms with E-state index in [9.17, 15) is 24.0 Å². The first-order valence-electron chi connectivity index (χ1n) is 17.1. The van der Waals surface area contributed by atoms with Crippen LogP contribution in [0.2, 0.25) is 0 Å². The van der Waals surface area contributed by atoms with E-state index in [1.54, 1.807) is 19.4 Å². The molecule has 2 aromatic rings. The van der Waals surface area contributed by atoms with E-state index in [0.29, 0.717) is 18.1 Å². The molecular formula is C36H52N6O7. The van der Waals surface area contributed by atoms with E-state index < -0.39 is 64.7 Å². The van der Waals surface area contributed by atoms with Crippen LogP contribution in [0.1, 0.15) is 87.0 Å². The van der Waals surface area contributed by atoms with Gasteiger partial charge in [-0.25, -0.2) is 9.78 Å². The van der Waals surface area contributed by atoms with Crippen LogP contribution in [-0.2, 0) is 19.2 Å². The molecule has 2 heterocycles. The van der Waals surface area contributed by atoms with Gasteiger partial charge in [-0.15, -0.1) is 0 Å². The standard InChI is InChI=1S/C36H52N6O7/c1-9-10-11-26(28(43)31(45)38-22-12-13-22)39-30(44)27-19-24(49-32-25-15-14-23(48-8)18-21(25)16-17-37-32)20-42(27)33(46)29(35(2,3)4)40-34(47)41-36(5,6)7/h14-18,22,24,26-27,29H,9-13,19-20H2,1-8H3,(H,38,45)(H,39,44)(H2,40,41,47)/t24?,26-,27-,29+/m0/s1. The van der Waals surface area contributed by atoms with Gasteiger partial charge in [0.1, 0.15) is 23.9 Å². The van der Waals surface area contributed by atoms with Gasteiger partial charge in [0, 0.05) is 29.6 Å². The lowest BCUT2D eigenvalue weighted by Gasteiger charge is -2.36. The van der Waals surface area contributed by atoms with E-state index in [0.717, 1.165) is 30.0 Å². The molecule has 1 saturated heterocycles. The Balaban J connectivity index is 1.63. The van der Waals surface area contributed by atoms with Gasteiger partial charge in [0.15, 0.2) is 0 Å². The molecule has 2 fully saturated rings. The molecule has 1 unspecified atom stereocenters. The van der Waals surface area contributed by atoms with Gasteiger partial charge in [0.2, 0.25) is 23.5 Å². The molecule has 1 aliphatic carbocycles. The monoisotopic (exact) mass is 680 g/mol. The fourth-order valence-corrected chi connectivity index (χ4v) is 5.79. The molecule has 4 atom stereocenters. The zero-order chi connectivity index (χ0) is 36.1. The van der Waals surface area contributed by atoms with E-state index in [2.05, 4.69) is 26.3 Å². The lowest BCUT2D eigenvalue weighted by molar-refractivity contribution is -0.144. The van der Waals surface area contributed by atoms with Crippen LogP contribution in [0, 0.1) is 5.41 Å². The molecule has 4 rings (SSSR count). The number of likely N-dealkylation sites (tertiary alicyclic amines) is 1. The number of hydrogen-bond acceptors (Lipinski definition) is 8. The molecule has 4 N–H and O–H groups in total. The Morgan fingerprint density at radius 1 is 1.02 bits per heavy atom. The summed E-state index contributed by atoms with van der Waals surface area (Å²) >= 11 is 0. The Bertz CT molecular complexity index is 1540. The third-order valence-electron chi connectivity index (χ3n) is 8.55. The lowest BCUT2D eigenvalue weighted by atomic mass is 9.85. The predicted octanol–water partition coefficient (Wildman–Crippen LogP) is 3.63. The number of pyridine rings is 1. The maximum atomic E-state index is 14.4. The highest BCUT2D eigenvalue weighted by molar-refractivity contribution is 6.38. The molecule has 2 aliphatic rings. The molecule has 268 valence electrons. The summed E-state index contributed by atoms with van der Waals surface area (Å²) in [5.74, 6) is -1.46. The number of ketones is 1. The number of methoxy groups -OCH3 is 1. The fraction of sp³-hybridized carbons (Fsp3) is 0.611. The second-order valence-electron chi connectivity index (χ2n) is 15.1. The van der Waals surface area contributed by atoms with Crippen molar-refractivity contribution in [1.82, 2.24) is 31.2 Å². The Labute approximate surface area is 288 Å². The van der Waals surface area contributed by atoms with E-state index >= 15 is 0 Å². The highest BCUT2D eigenvalue weighted by atomic mass is 16.5. The van der Waals surface area contributed by atoms with Crippen LogP contribution < -0.4 is 30.7 Å². The molecular weight excluding hydrogens is 628 g/mol. The average Bonchev–Trinajstić information content (AvgIpc) is 3.74. The first kappa shape index (κ1) is 37.4. The van der Waals surface area contributed by atoms with Gasteiger partial charge in [0.05, 0.1) is 19.7 Å². The summed E-state index contributed by atoms with van der Waals surface area (Å²) < 4.78 is 11.7. The Kier molecular flexibility index (Phi) is 11.8. The van der Waals surface area contributed by atoms with Crippen LogP contribution in [0.3, 0.4) is 0 Å². The molecule has 1 saturated carbocycles. The number of fused-ring (bicyclic) bond motifs is 1. The summed E-state index contributed by atoms with van der Waals surface area (Å²) in [6, 6.07) is 3.70. The number of benzene rings is 1. The second kappa shape index (κ2) is 15.4. The summed E-state index contributed by atoms with van der Waals surface area (Å²) in [6.07, 6.45) is 4.36. The largest absolute Gasteiger partial charge is 0.497 e. The summed E-state index contributed by atoms with van der Waals surface area (Å²) in [4.78, 5) is 73.3. The third kappa shape index (κ3) is 10.1. The second-order valence-corrected chi connectivity index (χ2v) is 15.1. The van der Waals surface area contributed by atoms with Crippen molar-refractivity contribution in [2.24, 2.45) is 5.41 Å².